The number of ether oxygens (including phenoxy) is 1. The van der Waals surface area contributed by atoms with Crippen molar-refractivity contribution >= 4 is 11.7 Å². The summed E-state index contributed by atoms with van der Waals surface area (Å²) in [6.07, 6.45) is 1.25. The first-order valence-electron chi connectivity index (χ1n) is 6.41. The molecule has 4 heteroatoms. The molecule has 3 rings (SSSR count). The first-order chi connectivity index (χ1) is 8.75. The van der Waals surface area contributed by atoms with Crippen LogP contribution in [0.2, 0.25) is 0 Å². The average Bonchev–Trinajstić information content (AvgIpc) is 2.96. The van der Waals surface area contributed by atoms with Gasteiger partial charge in [0.05, 0.1) is 19.1 Å². The summed E-state index contributed by atoms with van der Waals surface area (Å²) in [7, 11) is 0. The summed E-state index contributed by atoms with van der Waals surface area (Å²) in [6, 6.07) is 8.56. The fourth-order valence-corrected chi connectivity index (χ4v) is 3.03. The molecule has 96 valence electrons. The number of fused-ring (bicyclic) bond motifs is 1. The molecule has 2 aliphatic heterocycles. The Morgan fingerprint density at radius 2 is 2.28 bits per heavy atom. The van der Waals surface area contributed by atoms with Crippen molar-refractivity contribution in [3.63, 3.8) is 0 Å². The second-order valence-corrected chi connectivity index (χ2v) is 5.02. The van der Waals surface area contributed by atoms with Gasteiger partial charge in [-0.25, -0.2) is 0 Å². The number of anilines is 1. The lowest BCUT2D eigenvalue weighted by Gasteiger charge is -2.26. The Bertz CT molecular complexity index is 454. The third kappa shape index (κ3) is 1.97. The zero-order valence-corrected chi connectivity index (χ0v) is 10.2. The van der Waals surface area contributed by atoms with Gasteiger partial charge in [-0.1, -0.05) is 18.2 Å². The van der Waals surface area contributed by atoms with Crippen LogP contribution in [0.25, 0.3) is 0 Å². The van der Waals surface area contributed by atoms with Crippen LogP contribution < -0.4 is 4.90 Å². The topological polar surface area (TPSA) is 49.8 Å². The number of carboxylic acid groups (broad SMARTS) is 1. The molecular formula is C14H17NO3. The van der Waals surface area contributed by atoms with E-state index < -0.39 is 5.97 Å². The van der Waals surface area contributed by atoms with Crippen LogP contribution in [0, 0.1) is 0 Å². The third-order valence-electron chi connectivity index (χ3n) is 3.87. The molecule has 0 aliphatic carbocycles. The largest absolute Gasteiger partial charge is 0.481 e. The molecule has 1 N–H and O–H groups in total. The fourth-order valence-electron chi connectivity index (χ4n) is 3.03. The molecule has 1 aromatic carbocycles. The van der Waals surface area contributed by atoms with Crippen LogP contribution in [0.4, 0.5) is 5.69 Å². The number of hydrogen-bond acceptors (Lipinski definition) is 3. The molecule has 1 fully saturated rings. The summed E-state index contributed by atoms with van der Waals surface area (Å²) < 4.78 is 5.44. The van der Waals surface area contributed by atoms with E-state index in [1.165, 1.54) is 11.3 Å². The summed E-state index contributed by atoms with van der Waals surface area (Å²) in [5.74, 6) is -0.612. The van der Waals surface area contributed by atoms with E-state index in [1.54, 1.807) is 0 Å². The highest BCUT2D eigenvalue weighted by Crippen LogP contribution is 2.40. The number of hydrogen-bond donors (Lipinski definition) is 1. The van der Waals surface area contributed by atoms with Gasteiger partial charge in [0.25, 0.3) is 0 Å². The van der Waals surface area contributed by atoms with Crippen LogP contribution in [0.5, 0.6) is 0 Å². The maximum Gasteiger partial charge on any atom is 0.304 e. The summed E-state index contributed by atoms with van der Waals surface area (Å²) >= 11 is 0. The van der Waals surface area contributed by atoms with Gasteiger partial charge in [-0.2, -0.15) is 0 Å². The van der Waals surface area contributed by atoms with E-state index in [2.05, 4.69) is 17.0 Å². The van der Waals surface area contributed by atoms with Crippen LogP contribution in [-0.4, -0.2) is 36.9 Å². The maximum atomic E-state index is 10.9. The standard InChI is InChI=1S/C14H17NO3/c16-14(17)7-10-8-15(11-5-6-18-9-11)13-4-2-1-3-12(10)13/h1-4,10-11H,5-9H2,(H,16,17). The predicted molar refractivity (Wildman–Crippen MR) is 68.0 cm³/mol. The maximum absolute atomic E-state index is 10.9. The number of nitrogens with zero attached hydrogens (tertiary/aromatic N) is 1. The number of carbonyl (C=O) groups is 1. The molecule has 0 bridgehead atoms. The van der Waals surface area contributed by atoms with Gasteiger partial charge in [0.1, 0.15) is 0 Å². The lowest BCUT2D eigenvalue weighted by atomic mass is 9.98. The van der Waals surface area contributed by atoms with Crippen LogP contribution in [0.15, 0.2) is 24.3 Å². The van der Waals surface area contributed by atoms with Crippen molar-refractivity contribution in [2.45, 2.75) is 24.8 Å². The highest BCUT2D eigenvalue weighted by atomic mass is 16.5. The van der Waals surface area contributed by atoms with Gasteiger partial charge in [0.2, 0.25) is 0 Å². The van der Waals surface area contributed by atoms with Crippen molar-refractivity contribution in [1.82, 2.24) is 0 Å². The highest BCUT2D eigenvalue weighted by Gasteiger charge is 2.34. The molecule has 2 unspecified atom stereocenters. The Morgan fingerprint density at radius 1 is 1.44 bits per heavy atom. The van der Waals surface area contributed by atoms with Gasteiger partial charge < -0.3 is 14.7 Å². The lowest BCUT2D eigenvalue weighted by molar-refractivity contribution is -0.137. The van der Waals surface area contributed by atoms with E-state index in [0.29, 0.717) is 6.04 Å². The molecule has 2 atom stereocenters. The number of benzene rings is 1. The van der Waals surface area contributed by atoms with Crippen molar-refractivity contribution in [3.05, 3.63) is 29.8 Å². The number of carboxylic acids is 1. The number of aliphatic carboxylic acids is 1. The Kier molecular flexibility index (Phi) is 2.96. The van der Waals surface area contributed by atoms with Gasteiger partial charge in [-0.3, -0.25) is 4.79 Å². The minimum atomic E-state index is -0.723. The molecule has 2 aliphatic rings. The van der Waals surface area contributed by atoms with Crippen LogP contribution in [-0.2, 0) is 9.53 Å². The quantitative estimate of drug-likeness (QED) is 0.885. The predicted octanol–water partition coefficient (Wildman–Crippen LogP) is 1.85. The van der Waals surface area contributed by atoms with Crippen molar-refractivity contribution in [1.29, 1.82) is 0 Å². The Balaban J connectivity index is 1.88. The van der Waals surface area contributed by atoms with Crippen LogP contribution in [0.3, 0.4) is 0 Å². The Morgan fingerprint density at radius 3 is 3.00 bits per heavy atom. The first-order valence-corrected chi connectivity index (χ1v) is 6.41. The number of para-hydroxylation sites is 1. The number of rotatable bonds is 3. The highest BCUT2D eigenvalue weighted by molar-refractivity contribution is 5.71. The molecule has 1 aromatic rings. The van der Waals surface area contributed by atoms with Crippen molar-refractivity contribution < 1.29 is 14.6 Å². The van der Waals surface area contributed by atoms with Gasteiger partial charge in [-0.05, 0) is 18.1 Å². The molecule has 4 nitrogen and oxygen atoms in total. The van der Waals surface area contributed by atoms with E-state index in [-0.39, 0.29) is 12.3 Å². The van der Waals surface area contributed by atoms with E-state index in [0.717, 1.165) is 26.2 Å². The first kappa shape index (κ1) is 11.5. The third-order valence-corrected chi connectivity index (χ3v) is 3.87. The molecule has 0 aromatic heterocycles. The lowest BCUT2D eigenvalue weighted by Crippen LogP contribution is -2.34. The Hall–Kier alpha value is -1.55. The summed E-state index contributed by atoms with van der Waals surface area (Å²) in [5.41, 5.74) is 2.37. The van der Waals surface area contributed by atoms with E-state index in [9.17, 15) is 4.79 Å². The monoisotopic (exact) mass is 247 g/mol. The van der Waals surface area contributed by atoms with Crippen molar-refractivity contribution in [2.75, 3.05) is 24.7 Å². The van der Waals surface area contributed by atoms with E-state index in [1.807, 2.05) is 12.1 Å². The Labute approximate surface area is 106 Å². The van der Waals surface area contributed by atoms with Gasteiger partial charge in [-0.15, -0.1) is 0 Å². The molecule has 0 radical (unpaired) electrons. The van der Waals surface area contributed by atoms with Gasteiger partial charge >= 0.3 is 5.97 Å². The molecule has 0 amide bonds. The average molecular weight is 247 g/mol. The minimum absolute atomic E-state index is 0.110. The molecule has 1 saturated heterocycles. The SMILES string of the molecule is O=C(O)CC1CN(C2CCOC2)c2ccccc21. The molecule has 0 spiro atoms. The normalized spacial score (nSPS) is 26.3. The zero-order valence-electron chi connectivity index (χ0n) is 10.2. The van der Waals surface area contributed by atoms with Gasteiger partial charge in [0, 0.05) is 24.8 Å². The molecule has 2 heterocycles. The van der Waals surface area contributed by atoms with Gasteiger partial charge in [0.15, 0.2) is 0 Å². The smallest absolute Gasteiger partial charge is 0.304 e. The summed E-state index contributed by atoms with van der Waals surface area (Å²) in [6.45, 7) is 2.38. The van der Waals surface area contributed by atoms with Crippen molar-refractivity contribution in [3.8, 4) is 0 Å². The summed E-state index contributed by atoms with van der Waals surface area (Å²) in [4.78, 5) is 13.3. The summed E-state index contributed by atoms with van der Waals surface area (Å²) in [5, 5.41) is 9.01. The molecular weight excluding hydrogens is 230 g/mol. The van der Waals surface area contributed by atoms with Crippen LogP contribution >= 0.6 is 0 Å². The van der Waals surface area contributed by atoms with Crippen LogP contribution in [0.1, 0.15) is 24.3 Å². The second-order valence-electron chi connectivity index (χ2n) is 5.02. The zero-order chi connectivity index (χ0) is 12.5. The second kappa shape index (κ2) is 4.61. The fraction of sp³-hybridized carbons (Fsp3) is 0.500. The minimum Gasteiger partial charge on any atom is -0.481 e. The van der Waals surface area contributed by atoms with Crippen molar-refractivity contribution in [2.24, 2.45) is 0 Å². The molecule has 18 heavy (non-hydrogen) atoms. The van der Waals surface area contributed by atoms with E-state index in [4.69, 9.17) is 9.84 Å². The van der Waals surface area contributed by atoms with E-state index >= 15 is 0 Å². The molecule has 0 saturated carbocycles.